The molecule has 6 aliphatic heterocycles. The number of benzene rings is 10. The molecule has 0 saturated heterocycles. The number of hydrogen-bond donors (Lipinski definition) is 7. The summed E-state index contributed by atoms with van der Waals surface area (Å²) >= 11 is 31.4. The van der Waals surface area contributed by atoms with Crippen LogP contribution in [0.5, 0.6) is 17.2 Å². The lowest BCUT2D eigenvalue weighted by Gasteiger charge is -2.35. The number of nitro benzene ring substituents is 1. The van der Waals surface area contributed by atoms with Gasteiger partial charge in [0.2, 0.25) is 6.79 Å². The summed E-state index contributed by atoms with van der Waals surface area (Å²) in [7, 11) is 3.00. The lowest BCUT2D eigenvalue weighted by atomic mass is 9.92. The molecule has 6 aliphatic rings. The molecule has 652 valence electrons. The third-order valence-corrected chi connectivity index (χ3v) is 26.2. The van der Waals surface area contributed by atoms with Crippen LogP contribution in [0.25, 0.3) is 54.5 Å². The number of H-pyrrole nitrogens is 5. The fraction of sp³-hybridized carbons (Fsp3) is 0.255. The first-order valence-corrected chi connectivity index (χ1v) is 45.3. The zero-order valence-electron chi connectivity index (χ0n) is 70.0. The lowest BCUT2D eigenvalue weighted by Crippen LogP contribution is -2.41. The van der Waals surface area contributed by atoms with E-state index in [4.69, 9.17) is 74.8 Å². The summed E-state index contributed by atoms with van der Waals surface area (Å²) < 4.78 is 34.0. The molecule has 0 radical (unpaired) electrons. The van der Waals surface area contributed by atoms with Crippen molar-refractivity contribution in [3.05, 3.63) is 336 Å². The maximum Gasteiger partial charge on any atom is 0.410 e. The third kappa shape index (κ3) is 18.0. The highest BCUT2D eigenvalue weighted by atomic mass is 79.9. The summed E-state index contributed by atoms with van der Waals surface area (Å²) in [4.78, 5) is 70.9. The molecule has 15 aromatic rings. The Bertz CT molecular complexity index is 6600. The maximum absolute atomic E-state index is 12.7. The molecule has 10 aromatic carbocycles. The van der Waals surface area contributed by atoms with Crippen LogP contribution < -0.4 is 19.5 Å². The Morgan fingerprint density at radius 3 is 1.41 bits per heavy atom. The smallest absolute Gasteiger partial charge is 0.410 e. The molecule has 21 rings (SSSR count). The number of rotatable bonds is 11. The maximum atomic E-state index is 12.7. The minimum atomic E-state index is -0.445. The molecule has 5 atom stereocenters. The Morgan fingerprint density at radius 1 is 0.488 bits per heavy atom. The highest BCUT2D eigenvalue weighted by molar-refractivity contribution is 9.10. The van der Waals surface area contributed by atoms with E-state index in [-0.39, 0.29) is 61.3 Å². The highest BCUT2D eigenvalue weighted by Gasteiger charge is 2.40. The number of hydroxylamine groups is 2. The zero-order valence-corrected chi connectivity index (χ0v) is 76.2. The topological polar surface area (TPSA) is 274 Å². The Balaban J connectivity index is 0.000000112. The average molecular weight is 1920 g/mol. The fourth-order valence-electron chi connectivity index (χ4n) is 18.4. The van der Waals surface area contributed by atoms with E-state index in [0.717, 1.165) is 136 Å². The molecule has 5 aromatic heterocycles. The highest BCUT2D eigenvalue weighted by Crippen LogP contribution is 2.47. The number of carbonyl (C=O) groups is 3. The second-order valence-corrected chi connectivity index (χ2v) is 35.5. The van der Waals surface area contributed by atoms with Crippen LogP contribution in [-0.4, -0.2) is 146 Å². The van der Waals surface area contributed by atoms with Gasteiger partial charge in [0.25, 0.3) is 5.69 Å². The first-order valence-electron chi connectivity index (χ1n) is 42.0. The van der Waals surface area contributed by atoms with Crippen LogP contribution in [-0.2, 0) is 46.3 Å². The number of halogens is 6. The van der Waals surface area contributed by atoms with E-state index in [1.54, 1.807) is 33.9 Å². The van der Waals surface area contributed by atoms with Crippen molar-refractivity contribution in [1.82, 2.24) is 50.0 Å². The molecular weight excluding hydrogens is 1820 g/mol. The van der Waals surface area contributed by atoms with E-state index in [2.05, 4.69) is 131 Å². The van der Waals surface area contributed by atoms with Crippen molar-refractivity contribution in [2.75, 3.05) is 72.8 Å². The van der Waals surface area contributed by atoms with Gasteiger partial charge in [-0.3, -0.25) is 24.8 Å². The van der Waals surface area contributed by atoms with Gasteiger partial charge in [0.15, 0.2) is 11.5 Å². The van der Waals surface area contributed by atoms with Crippen LogP contribution in [0.4, 0.5) is 20.1 Å². The number of hydrogen-bond acceptors (Lipinski definition) is 14. The van der Waals surface area contributed by atoms with Gasteiger partial charge in [0.05, 0.1) is 37.7 Å². The number of nitrogens with zero attached hydrogens (tertiary/aromatic N) is 5. The van der Waals surface area contributed by atoms with E-state index in [1.165, 1.54) is 79.7 Å². The monoisotopic (exact) mass is 1910 g/mol. The summed E-state index contributed by atoms with van der Waals surface area (Å²) in [6, 6.07) is 68.1. The van der Waals surface area contributed by atoms with Crippen molar-refractivity contribution in [1.29, 1.82) is 0 Å². The number of carbonyl (C=O) groups excluding carboxylic acids is 3. The quantitative estimate of drug-likeness (QED) is 0.0275. The number of nitro groups is 1. The third-order valence-electron chi connectivity index (χ3n) is 24.3. The molecule has 0 bridgehead atoms. The second kappa shape index (κ2) is 38.2. The molecule has 5 unspecified atom stereocenters. The number of amides is 3. The summed E-state index contributed by atoms with van der Waals surface area (Å²) in [5.41, 5.74) is 23.3. The van der Waals surface area contributed by atoms with Crippen molar-refractivity contribution >= 4 is 157 Å². The molecule has 11 heterocycles. The molecule has 7 N–H and O–H groups in total. The minimum absolute atomic E-state index is 0.00262. The Hall–Kier alpha value is -11.5. The lowest BCUT2D eigenvalue weighted by molar-refractivity contribution is -0.384. The SMILES string of the molecule is CC(C)c1ccc(C2NCCc3c2[nH]c2ccc(Br)cc32)cc1.CCOC(=O)N1CCc2c([nH]c3ccc(Cl)cc23)C1c1ccc2c(c1)OCO2.COC(=O)N1CCc2c([nH]c3ccc(Cl)cc23)C1c1ccc([N+](=O)[O-])cc1.COc1ccc(C2c3[nH]c4ccc(Br)cc4c3CCN2O)cc1.O=C(OCCCl)N1CCc2c([nH]c3ccc(Cl)cc23)C1c1ccccc1. The summed E-state index contributed by atoms with van der Waals surface area (Å²) in [5.74, 6) is 3.07. The summed E-state index contributed by atoms with van der Waals surface area (Å²) in [6.45, 7) is 10.3. The van der Waals surface area contributed by atoms with E-state index >= 15 is 0 Å². The van der Waals surface area contributed by atoms with Gasteiger partial charge in [0, 0.05) is 152 Å². The second-order valence-electron chi connectivity index (χ2n) is 32.0. The van der Waals surface area contributed by atoms with Gasteiger partial charge in [-0.15, -0.1) is 11.6 Å². The Labute approximate surface area is 769 Å². The predicted octanol–water partition coefficient (Wildman–Crippen LogP) is 23.8. The van der Waals surface area contributed by atoms with E-state index in [9.17, 15) is 29.7 Å². The number of fused-ring (bicyclic) bond motifs is 16. The Morgan fingerprint density at radius 2 is 0.913 bits per heavy atom. The molecule has 127 heavy (non-hydrogen) atoms. The summed E-state index contributed by atoms with van der Waals surface area (Å²) in [5, 5.41) is 34.3. The van der Waals surface area contributed by atoms with Crippen molar-refractivity contribution in [3.63, 3.8) is 0 Å². The standard InChI is InChI=1S/C21H19ClN2O4.C20H21BrN2.C20H18Cl2N2O2.C19H16ClN3O4.C18H17BrN2O2/c1-2-26-21(25)24-8-7-14-15-10-13(22)4-5-16(15)23-19(14)20(24)12-3-6-17-18(9-12)28-11-27-17;1-12(2)13-3-5-14(6-4-13)19-20-16(9-10-22-19)17-11-15(21)7-8-18(17)23-20;21-9-11-26-20(25)24-10-8-15-16-12-14(22)6-7-17(16)23-18(15)19(24)13-4-2-1-3-5-13;1-27-19(24)22-9-8-14-15-10-12(20)4-7-16(15)21-17(14)18(22)11-2-5-13(6-3-11)23(25)26;1-23-13-5-2-11(3-6-13)18-17-14(8-9-21(18)22)15-10-12(19)4-7-16(15)20-17/h3-6,9-10,20,23H,2,7-8,11H2,1H3;3-8,11-12,19,22-23H,9-10H2,1-2H3;1-7,12,19,23H,8-11H2;2-7,10,18,21H,8-9H2,1H3;2-7,10,18,20,22H,8-9H2,1H3. The average Bonchev–Trinajstić information content (AvgIpc) is 1.62. The fourth-order valence-corrected chi connectivity index (χ4v) is 19.7. The molecular formula is C98H91Br2Cl4N11O12. The number of alkyl halides is 1. The zero-order chi connectivity index (χ0) is 88.4. The van der Waals surface area contributed by atoms with Crippen LogP contribution in [0.2, 0.25) is 15.1 Å². The molecule has 29 heteroatoms. The molecule has 0 fully saturated rings. The van der Waals surface area contributed by atoms with Crippen LogP contribution >= 0.6 is 78.3 Å². The van der Waals surface area contributed by atoms with E-state index < -0.39 is 17.1 Å². The van der Waals surface area contributed by atoms with Gasteiger partial charge in [-0.25, -0.2) is 14.4 Å². The van der Waals surface area contributed by atoms with Gasteiger partial charge in [0.1, 0.15) is 36.5 Å². The van der Waals surface area contributed by atoms with Crippen molar-refractivity contribution < 1.29 is 52.9 Å². The molecule has 0 spiro atoms. The van der Waals surface area contributed by atoms with E-state index in [0.29, 0.717) is 71.7 Å². The van der Waals surface area contributed by atoms with E-state index in [1.807, 2.05) is 140 Å². The number of ether oxygens (including phenoxy) is 6. The number of aromatic amines is 5. The van der Waals surface area contributed by atoms with Crippen LogP contribution in [0.1, 0.15) is 147 Å². The molecule has 0 aliphatic carbocycles. The minimum Gasteiger partial charge on any atom is -0.497 e. The largest absolute Gasteiger partial charge is 0.497 e. The molecule has 23 nitrogen and oxygen atoms in total. The number of nitrogens with one attached hydrogen (secondary N) is 6. The van der Waals surface area contributed by atoms with Gasteiger partial charge in [-0.2, -0.15) is 5.06 Å². The number of non-ortho nitro benzene ring substituents is 1. The van der Waals surface area contributed by atoms with Crippen LogP contribution in [0, 0.1) is 10.1 Å². The van der Waals surface area contributed by atoms with Crippen LogP contribution in [0.3, 0.4) is 0 Å². The van der Waals surface area contributed by atoms with Crippen molar-refractivity contribution in [2.45, 2.75) is 89.0 Å². The normalized spacial score (nSPS) is 17.2. The molecule has 0 saturated carbocycles. The predicted molar refractivity (Wildman–Crippen MR) is 503 cm³/mol. The van der Waals surface area contributed by atoms with Gasteiger partial charge in [-0.05, 0) is 234 Å². The van der Waals surface area contributed by atoms with Gasteiger partial charge < -0.3 is 63.9 Å². The van der Waals surface area contributed by atoms with Crippen molar-refractivity contribution in [3.8, 4) is 17.2 Å². The van der Waals surface area contributed by atoms with Crippen LogP contribution in [0.15, 0.2) is 221 Å². The van der Waals surface area contributed by atoms with Gasteiger partial charge >= 0.3 is 18.3 Å². The number of aromatic nitrogens is 5. The molecule has 3 amide bonds. The number of methoxy groups -OCH3 is 2. The summed E-state index contributed by atoms with van der Waals surface area (Å²) in [6.07, 6.45) is 2.93. The Kier molecular flexibility index (Phi) is 26.3. The van der Waals surface area contributed by atoms with Gasteiger partial charge in [-0.1, -0.05) is 153 Å². The first-order chi connectivity index (χ1) is 61.6. The van der Waals surface area contributed by atoms with Crippen molar-refractivity contribution in [2.24, 2.45) is 0 Å². The first kappa shape index (κ1) is 87.6.